The number of piperidine rings is 1. The lowest BCUT2D eigenvalue weighted by Crippen LogP contribution is -2.34. The number of ether oxygens (including phenoxy) is 2. The van der Waals surface area contributed by atoms with Crippen LogP contribution in [0.4, 0.5) is 11.6 Å². The first kappa shape index (κ1) is 20.8. The molecule has 2 aromatic heterocycles. The molecule has 9 nitrogen and oxygen atoms in total. The lowest BCUT2D eigenvalue weighted by Gasteiger charge is -2.29. The molecule has 0 spiro atoms. The van der Waals surface area contributed by atoms with E-state index in [0.717, 1.165) is 48.5 Å². The van der Waals surface area contributed by atoms with Crippen LogP contribution in [0, 0.1) is 11.3 Å². The minimum atomic E-state index is 0.262. The van der Waals surface area contributed by atoms with Crippen LogP contribution in [0.5, 0.6) is 5.75 Å². The molecule has 0 amide bonds. The summed E-state index contributed by atoms with van der Waals surface area (Å²) in [5.74, 6) is 1.84. The van der Waals surface area contributed by atoms with Crippen LogP contribution in [0.25, 0.3) is 11.3 Å². The first-order valence-corrected chi connectivity index (χ1v) is 10.2. The number of rotatable bonds is 7. The van der Waals surface area contributed by atoms with Gasteiger partial charge in [-0.05, 0) is 37.6 Å². The maximum atomic E-state index is 8.81. The van der Waals surface area contributed by atoms with Crippen molar-refractivity contribution < 1.29 is 9.47 Å². The Morgan fingerprint density at radius 1 is 1.19 bits per heavy atom. The van der Waals surface area contributed by atoms with E-state index in [2.05, 4.69) is 37.4 Å². The number of hydrogen-bond donors (Lipinski definition) is 2. The van der Waals surface area contributed by atoms with Crippen molar-refractivity contribution in [1.82, 2.24) is 25.1 Å². The smallest absolute Gasteiger partial charge is 0.158 e. The average molecular weight is 419 g/mol. The van der Waals surface area contributed by atoms with Crippen molar-refractivity contribution in [3.05, 3.63) is 47.9 Å². The summed E-state index contributed by atoms with van der Waals surface area (Å²) in [5, 5.41) is 19.2. The van der Waals surface area contributed by atoms with Gasteiger partial charge in [-0.1, -0.05) is 6.07 Å². The quantitative estimate of drug-likeness (QED) is 0.601. The Kier molecular flexibility index (Phi) is 6.40. The average Bonchev–Trinajstić information content (AvgIpc) is 3.27. The zero-order chi connectivity index (χ0) is 21.6. The predicted molar refractivity (Wildman–Crippen MR) is 116 cm³/mol. The van der Waals surface area contributed by atoms with Crippen LogP contribution in [-0.4, -0.2) is 58.4 Å². The van der Waals surface area contributed by atoms with Gasteiger partial charge < -0.3 is 19.7 Å². The molecule has 31 heavy (non-hydrogen) atoms. The van der Waals surface area contributed by atoms with Gasteiger partial charge in [-0.3, -0.25) is 5.10 Å². The van der Waals surface area contributed by atoms with Gasteiger partial charge in [0, 0.05) is 24.7 Å². The summed E-state index contributed by atoms with van der Waals surface area (Å²) in [6.45, 7) is 2.73. The summed E-state index contributed by atoms with van der Waals surface area (Å²) in [5.41, 5.74) is 3.05. The highest BCUT2D eigenvalue weighted by Gasteiger charge is 2.17. The second-order valence-corrected chi connectivity index (χ2v) is 7.54. The maximum absolute atomic E-state index is 8.81. The molecule has 2 N–H and O–H groups in total. The number of nitrogens with zero attached hydrogens (tertiary/aromatic N) is 5. The highest BCUT2D eigenvalue weighted by Crippen LogP contribution is 2.31. The zero-order valence-corrected chi connectivity index (χ0v) is 17.6. The maximum Gasteiger partial charge on any atom is 0.158 e. The third-order valence-electron chi connectivity index (χ3n) is 5.31. The number of aromatic nitrogens is 4. The molecule has 0 radical (unpaired) electrons. The number of methoxy groups -OCH3 is 1. The molecule has 4 rings (SSSR count). The van der Waals surface area contributed by atoms with E-state index < -0.39 is 0 Å². The molecule has 0 atom stereocenters. The van der Waals surface area contributed by atoms with Gasteiger partial charge in [-0.25, -0.2) is 9.97 Å². The van der Waals surface area contributed by atoms with Crippen molar-refractivity contribution in [2.24, 2.45) is 0 Å². The van der Waals surface area contributed by atoms with E-state index in [1.54, 1.807) is 7.11 Å². The molecule has 1 aliphatic rings. The van der Waals surface area contributed by atoms with E-state index in [0.29, 0.717) is 24.3 Å². The molecule has 0 saturated carbocycles. The summed E-state index contributed by atoms with van der Waals surface area (Å²) >= 11 is 0. The molecular weight excluding hydrogens is 394 g/mol. The Balaban J connectivity index is 1.42. The van der Waals surface area contributed by atoms with Gasteiger partial charge in [-0.2, -0.15) is 10.4 Å². The third kappa shape index (κ3) is 5.17. The number of nitrogens with one attached hydrogen (secondary N) is 2. The lowest BCUT2D eigenvalue weighted by atomic mass is 10.1. The first-order chi connectivity index (χ1) is 15.1. The van der Waals surface area contributed by atoms with Crippen molar-refractivity contribution in [1.29, 1.82) is 5.26 Å². The van der Waals surface area contributed by atoms with Gasteiger partial charge >= 0.3 is 0 Å². The van der Waals surface area contributed by atoms with E-state index >= 15 is 0 Å². The normalized spacial score (nSPS) is 14.9. The molecule has 3 heterocycles. The second kappa shape index (κ2) is 9.55. The molecule has 1 aromatic carbocycles. The van der Waals surface area contributed by atoms with Crippen LogP contribution in [0.15, 0.2) is 36.7 Å². The molecule has 1 saturated heterocycles. The van der Waals surface area contributed by atoms with Crippen molar-refractivity contribution >= 4 is 11.6 Å². The molecule has 0 bridgehead atoms. The Hall–Kier alpha value is -3.48. The minimum absolute atomic E-state index is 0.262. The fourth-order valence-corrected chi connectivity index (χ4v) is 3.52. The molecule has 160 valence electrons. The van der Waals surface area contributed by atoms with Crippen LogP contribution in [0.3, 0.4) is 0 Å². The third-order valence-corrected chi connectivity index (χ3v) is 5.31. The van der Waals surface area contributed by atoms with Gasteiger partial charge in [0.05, 0.1) is 37.9 Å². The Morgan fingerprint density at radius 2 is 2.03 bits per heavy atom. The van der Waals surface area contributed by atoms with Gasteiger partial charge in [-0.15, -0.1) is 0 Å². The van der Waals surface area contributed by atoms with E-state index in [9.17, 15) is 0 Å². The van der Waals surface area contributed by atoms with E-state index in [-0.39, 0.29) is 5.69 Å². The van der Waals surface area contributed by atoms with Crippen molar-refractivity contribution in [2.45, 2.75) is 25.6 Å². The van der Waals surface area contributed by atoms with Crippen molar-refractivity contribution in [3.63, 3.8) is 0 Å². The molecule has 1 aliphatic heterocycles. The van der Waals surface area contributed by atoms with Crippen LogP contribution >= 0.6 is 0 Å². The van der Waals surface area contributed by atoms with E-state index in [4.69, 9.17) is 14.7 Å². The molecular formula is C22H25N7O2. The van der Waals surface area contributed by atoms with Gasteiger partial charge in [0.15, 0.2) is 11.5 Å². The molecule has 3 aromatic rings. The number of aromatic amines is 1. The standard InChI is InChI=1S/C22H25N7O2/c1-29-7-5-17(6-8-29)31-14-15-3-4-18(20(9-15)30-2)19-10-21(28-27-19)26-22-13-24-16(11-23)12-25-22/h3-4,9-10,12-13,17H,5-8,14H2,1-2H3,(H2,25,26,27,28). The Bertz CT molecular complexity index is 1050. The number of H-pyrrole nitrogens is 1. The highest BCUT2D eigenvalue weighted by molar-refractivity contribution is 5.71. The summed E-state index contributed by atoms with van der Waals surface area (Å²) in [4.78, 5) is 10.5. The molecule has 0 unspecified atom stereocenters. The largest absolute Gasteiger partial charge is 0.496 e. The van der Waals surface area contributed by atoms with Crippen LogP contribution < -0.4 is 10.1 Å². The van der Waals surface area contributed by atoms with Gasteiger partial charge in [0.25, 0.3) is 0 Å². The van der Waals surface area contributed by atoms with Gasteiger partial charge in [0.1, 0.15) is 17.6 Å². The van der Waals surface area contributed by atoms with Crippen LogP contribution in [0.1, 0.15) is 24.1 Å². The summed E-state index contributed by atoms with van der Waals surface area (Å²) in [6, 6.07) is 9.87. The van der Waals surface area contributed by atoms with Gasteiger partial charge in [0.2, 0.25) is 0 Å². The Morgan fingerprint density at radius 3 is 2.74 bits per heavy atom. The van der Waals surface area contributed by atoms with Crippen molar-refractivity contribution in [2.75, 3.05) is 32.6 Å². The summed E-state index contributed by atoms with van der Waals surface area (Å²) in [6.07, 6.45) is 5.35. The summed E-state index contributed by atoms with van der Waals surface area (Å²) in [7, 11) is 3.80. The predicted octanol–water partition coefficient (Wildman–Crippen LogP) is 3.10. The topological polar surface area (TPSA) is 112 Å². The van der Waals surface area contributed by atoms with Crippen LogP contribution in [0.2, 0.25) is 0 Å². The molecule has 1 fully saturated rings. The van der Waals surface area contributed by atoms with Crippen LogP contribution in [-0.2, 0) is 11.3 Å². The SMILES string of the molecule is COc1cc(COC2CCN(C)CC2)ccc1-c1cc(Nc2cnc(C#N)cn2)n[nH]1. The zero-order valence-electron chi connectivity index (χ0n) is 17.6. The lowest BCUT2D eigenvalue weighted by molar-refractivity contribution is 0.00208. The second-order valence-electron chi connectivity index (χ2n) is 7.54. The summed E-state index contributed by atoms with van der Waals surface area (Å²) < 4.78 is 11.7. The number of nitriles is 1. The van der Waals surface area contributed by atoms with E-state index in [1.807, 2.05) is 30.3 Å². The number of anilines is 2. The first-order valence-electron chi connectivity index (χ1n) is 10.2. The monoisotopic (exact) mass is 419 g/mol. The Labute approximate surface area is 181 Å². The molecule has 9 heteroatoms. The number of benzene rings is 1. The minimum Gasteiger partial charge on any atom is -0.496 e. The molecule has 0 aliphatic carbocycles. The van der Waals surface area contributed by atoms with Crippen molar-refractivity contribution in [3.8, 4) is 23.1 Å². The highest BCUT2D eigenvalue weighted by atomic mass is 16.5. The van der Waals surface area contributed by atoms with E-state index in [1.165, 1.54) is 12.4 Å². The fourth-order valence-electron chi connectivity index (χ4n) is 3.52. The number of likely N-dealkylation sites (tertiary alicyclic amines) is 1. The number of hydrogen-bond acceptors (Lipinski definition) is 8. The fraction of sp³-hybridized carbons (Fsp3) is 0.364.